The molecule has 1 aliphatic carbocycles. The van der Waals surface area contributed by atoms with Crippen LogP contribution in [0, 0.1) is 17.2 Å². The first-order chi connectivity index (χ1) is 8.24. The van der Waals surface area contributed by atoms with E-state index in [-0.39, 0.29) is 0 Å². The van der Waals surface area contributed by atoms with Crippen LogP contribution < -0.4 is 4.90 Å². The smallest absolute Gasteiger partial charge is 0.101 e. The molecule has 0 spiro atoms. The Morgan fingerprint density at radius 1 is 1.47 bits per heavy atom. The Labute approximate surface area is 108 Å². The maximum Gasteiger partial charge on any atom is 0.101 e. The normalized spacial score (nSPS) is 14.4. The predicted molar refractivity (Wildman–Crippen MR) is 71.4 cm³/mol. The lowest BCUT2D eigenvalue weighted by Crippen LogP contribution is -2.27. The topological polar surface area (TPSA) is 27.0 Å². The van der Waals surface area contributed by atoms with E-state index in [0.29, 0.717) is 5.02 Å². The van der Waals surface area contributed by atoms with Gasteiger partial charge < -0.3 is 4.90 Å². The molecule has 1 aliphatic rings. The van der Waals surface area contributed by atoms with E-state index in [1.54, 1.807) is 6.07 Å². The first-order valence-corrected chi connectivity index (χ1v) is 6.57. The molecule has 0 bridgehead atoms. The Hall–Kier alpha value is -1.20. The summed E-state index contributed by atoms with van der Waals surface area (Å²) in [7, 11) is 0. The van der Waals surface area contributed by atoms with Crippen molar-refractivity contribution in [3.8, 4) is 6.07 Å². The van der Waals surface area contributed by atoms with Crippen molar-refractivity contribution in [2.45, 2.75) is 26.2 Å². The third-order valence-corrected chi connectivity index (χ3v) is 3.33. The quantitative estimate of drug-likeness (QED) is 0.792. The summed E-state index contributed by atoms with van der Waals surface area (Å²) in [6.07, 6.45) is 3.73. The average Bonchev–Trinajstić information content (AvgIpc) is 3.12. The maximum atomic E-state index is 9.16. The van der Waals surface area contributed by atoms with Gasteiger partial charge in [-0.25, -0.2) is 0 Å². The molecule has 0 radical (unpaired) electrons. The number of rotatable bonds is 5. The molecular weight excluding hydrogens is 232 g/mol. The second-order valence-corrected chi connectivity index (χ2v) is 5.10. The standard InChI is InChI=1S/C14H17ClN2/c1-2-7-17(10-11-3-4-11)14-8-13(15)6-5-12(14)9-16/h5-6,8,11H,2-4,7,10H2,1H3. The van der Waals surface area contributed by atoms with Crippen LogP contribution in [0.5, 0.6) is 0 Å². The van der Waals surface area contributed by atoms with Crippen LogP contribution in [-0.4, -0.2) is 13.1 Å². The fraction of sp³-hybridized carbons (Fsp3) is 0.500. The largest absolute Gasteiger partial charge is 0.370 e. The molecule has 0 atom stereocenters. The number of halogens is 1. The van der Waals surface area contributed by atoms with Crippen molar-refractivity contribution in [2.75, 3.05) is 18.0 Å². The molecule has 2 rings (SSSR count). The number of anilines is 1. The molecular formula is C14H17ClN2. The molecule has 0 aromatic heterocycles. The van der Waals surface area contributed by atoms with Crippen LogP contribution in [0.1, 0.15) is 31.7 Å². The molecule has 2 nitrogen and oxygen atoms in total. The van der Waals surface area contributed by atoms with Crippen molar-refractivity contribution in [1.82, 2.24) is 0 Å². The lowest BCUT2D eigenvalue weighted by molar-refractivity contribution is 0.707. The van der Waals surface area contributed by atoms with Crippen LogP contribution in [0.2, 0.25) is 5.02 Å². The zero-order chi connectivity index (χ0) is 12.3. The van der Waals surface area contributed by atoms with E-state index in [4.69, 9.17) is 16.9 Å². The van der Waals surface area contributed by atoms with Crippen molar-refractivity contribution in [3.05, 3.63) is 28.8 Å². The fourth-order valence-electron chi connectivity index (χ4n) is 2.05. The molecule has 1 aromatic rings. The third-order valence-electron chi connectivity index (χ3n) is 3.09. The average molecular weight is 249 g/mol. The predicted octanol–water partition coefficient (Wildman–Crippen LogP) is 3.84. The van der Waals surface area contributed by atoms with Gasteiger partial charge in [0.2, 0.25) is 0 Å². The van der Waals surface area contributed by atoms with Gasteiger partial charge in [-0.05, 0) is 43.4 Å². The summed E-state index contributed by atoms with van der Waals surface area (Å²) in [5, 5.41) is 9.86. The lowest BCUT2D eigenvalue weighted by atomic mass is 10.1. The first kappa shape index (κ1) is 12.3. The Kier molecular flexibility index (Phi) is 3.91. The summed E-state index contributed by atoms with van der Waals surface area (Å²) >= 11 is 6.03. The highest BCUT2D eigenvalue weighted by atomic mass is 35.5. The van der Waals surface area contributed by atoms with Gasteiger partial charge in [0, 0.05) is 18.1 Å². The molecule has 90 valence electrons. The molecule has 1 fully saturated rings. The fourth-order valence-corrected chi connectivity index (χ4v) is 2.22. The van der Waals surface area contributed by atoms with Gasteiger partial charge in [-0.15, -0.1) is 0 Å². The van der Waals surface area contributed by atoms with E-state index in [0.717, 1.165) is 36.7 Å². The minimum absolute atomic E-state index is 0.705. The molecule has 0 heterocycles. The van der Waals surface area contributed by atoms with Crippen molar-refractivity contribution in [1.29, 1.82) is 5.26 Å². The highest BCUT2D eigenvalue weighted by Crippen LogP contribution is 2.33. The summed E-state index contributed by atoms with van der Waals surface area (Å²) in [5.74, 6) is 0.812. The van der Waals surface area contributed by atoms with Crippen LogP contribution in [0.15, 0.2) is 18.2 Å². The second-order valence-electron chi connectivity index (χ2n) is 4.66. The zero-order valence-corrected chi connectivity index (χ0v) is 10.9. The van der Waals surface area contributed by atoms with E-state index in [1.807, 2.05) is 12.1 Å². The van der Waals surface area contributed by atoms with Gasteiger partial charge in [-0.2, -0.15) is 5.26 Å². The van der Waals surface area contributed by atoms with Gasteiger partial charge >= 0.3 is 0 Å². The number of hydrogen-bond acceptors (Lipinski definition) is 2. The summed E-state index contributed by atoms with van der Waals surface area (Å²) in [4.78, 5) is 2.31. The van der Waals surface area contributed by atoms with Crippen LogP contribution in [-0.2, 0) is 0 Å². The van der Waals surface area contributed by atoms with E-state index >= 15 is 0 Å². The van der Waals surface area contributed by atoms with Crippen molar-refractivity contribution >= 4 is 17.3 Å². The summed E-state index contributed by atoms with van der Waals surface area (Å²) in [5.41, 5.74) is 1.72. The number of nitriles is 1. The highest BCUT2D eigenvalue weighted by molar-refractivity contribution is 6.30. The van der Waals surface area contributed by atoms with E-state index in [2.05, 4.69) is 17.9 Å². The molecule has 17 heavy (non-hydrogen) atoms. The van der Waals surface area contributed by atoms with Gasteiger partial charge in [0.15, 0.2) is 0 Å². The monoisotopic (exact) mass is 248 g/mol. The summed E-state index contributed by atoms with van der Waals surface area (Å²) < 4.78 is 0. The Balaban J connectivity index is 2.26. The summed E-state index contributed by atoms with van der Waals surface area (Å²) in [6.45, 7) is 4.21. The first-order valence-electron chi connectivity index (χ1n) is 6.19. The van der Waals surface area contributed by atoms with Crippen LogP contribution in [0.3, 0.4) is 0 Å². The molecule has 0 N–H and O–H groups in total. The molecule has 0 aliphatic heterocycles. The Bertz CT molecular complexity index is 432. The van der Waals surface area contributed by atoms with Crippen LogP contribution >= 0.6 is 11.6 Å². The van der Waals surface area contributed by atoms with Crippen LogP contribution in [0.4, 0.5) is 5.69 Å². The minimum atomic E-state index is 0.705. The maximum absolute atomic E-state index is 9.16. The van der Waals surface area contributed by atoms with E-state index < -0.39 is 0 Å². The summed E-state index contributed by atoms with van der Waals surface area (Å²) in [6, 6.07) is 7.77. The third kappa shape index (κ3) is 3.14. The molecule has 0 saturated heterocycles. The molecule has 1 saturated carbocycles. The number of hydrogen-bond donors (Lipinski definition) is 0. The minimum Gasteiger partial charge on any atom is -0.370 e. The molecule has 1 aromatic carbocycles. The Morgan fingerprint density at radius 3 is 2.82 bits per heavy atom. The highest BCUT2D eigenvalue weighted by Gasteiger charge is 2.25. The lowest BCUT2D eigenvalue weighted by Gasteiger charge is -2.25. The molecule has 0 amide bonds. The van der Waals surface area contributed by atoms with Gasteiger partial charge in [0.25, 0.3) is 0 Å². The van der Waals surface area contributed by atoms with E-state index in [9.17, 15) is 0 Å². The van der Waals surface area contributed by atoms with Crippen molar-refractivity contribution < 1.29 is 0 Å². The molecule has 0 unspecified atom stereocenters. The SMILES string of the molecule is CCCN(CC1CC1)c1cc(Cl)ccc1C#N. The van der Waals surface area contributed by atoms with Crippen molar-refractivity contribution in [2.24, 2.45) is 5.92 Å². The van der Waals surface area contributed by atoms with Gasteiger partial charge in [0.05, 0.1) is 11.3 Å². The van der Waals surface area contributed by atoms with Crippen LogP contribution in [0.25, 0.3) is 0 Å². The van der Waals surface area contributed by atoms with Gasteiger partial charge in [-0.3, -0.25) is 0 Å². The second kappa shape index (κ2) is 5.42. The van der Waals surface area contributed by atoms with Gasteiger partial charge in [0.1, 0.15) is 6.07 Å². The van der Waals surface area contributed by atoms with E-state index in [1.165, 1.54) is 12.8 Å². The zero-order valence-electron chi connectivity index (χ0n) is 10.1. The Morgan fingerprint density at radius 2 is 2.24 bits per heavy atom. The number of benzene rings is 1. The molecule has 3 heteroatoms. The van der Waals surface area contributed by atoms with Gasteiger partial charge in [-0.1, -0.05) is 18.5 Å². The number of nitrogens with zero attached hydrogens (tertiary/aromatic N) is 2. The van der Waals surface area contributed by atoms with Crippen molar-refractivity contribution in [3.63, 3.8) is 0 Å².